The van der Waals surface area contributed by atoms with Gasteiger partial charge in [0.05, 0.1) is 22.1 Å². The van der Waals surface area contributed by atoms with Gasteiger partial charge in [-0.3, -0.25) is 19.2 Å². The molecule has 0 aromatic heterocycles. The monoisotopic (exact) mass is 707 g/mol. The number of likely N-dealkylation sites (tertiary alicyclic amines) is 1. The van der Waals surface area contributed by atoms with Gasteiger partial charge in [0.1, 0.15) is 12.1 Å². The molecule has 3 rings (SSSR count). The van der Waals surface area contributed by atoms with Crippen molar-refractivity contribution < 1.29 is 32.4 Å². The van der Waals surface area contributed by atoms with E-state index in [1.165, 1.54) is 11.0 Å². The summed E-state index contributed by atoms with van der Waals surface area (Å²) in [6.07, 6.45) is 12.0. The van der Waals surface area contributed by atoms with Crippen molar-refractivity contribution in [2.45, 2.75) is 159 Å². The summed E-state index contributed by atoms with van der Waals surface area (Å²) in [5.74, 6) is -2.58. The Hall–Kier alpha value is -2.96. The molecule has 3 fully saturated rings. The van der Waals surface area contributed by atoms with Crippen LogP contribution < -0.4 is 21.3 Å². The topological polar surface area (TPSA) is 171 Å². The number of Topliss-reactive ketones (excluding diaryl/α,β-unsaturated/α-hetero) is 1. The molecule has 2 saturated carbocycles. The number of hydrogen-bond donors (Lipinski definition) is 4. The van der Waals surface area contributed by atoms with E-state index in [4.69, 9.17) is 0 Å². The second-order valence-electron chi connectivity index (χ2n) is 15.7. The molecule has 49 heavy (non-hydrogen) atoms. The minimum Gasteiger partial charge on any atom is -0.346 e. The van der Waals surface area contributed by atoms with Crippen molar-refractivity contribution in [3.05, 3.63) is 12.7 Å². The maximum atomic E-state index is 14.5. The number of carbonyl (C=O) groups is 5. The first-order chi connectivity index (χ1) is 23.0. The van der Waals surface area contributed by atoms with E-state index in [9.17, 15) is 32.4 Å². The highest BCUT2D eigenvalue weighted by Gasteiger charge is 2.48. The van der Waals surface area contributed by atoms with Gasteiger partial charge < -0.3 is 26.2 Å². The molecule has 1 saturated heterocycles. The van der Waals surface area contributed by atoms with Crippen LogP contribution in [-0.4, -0.2) is 90.1 Å². The standard InChI is InChI=1S/C36H61N5O7S/c1-7-9-17-26(28(42)31(44)37-23-8-2)38-30(43)27-18-16-24-41(27)32(45)29(35(6)19-12-10-13-20-35)39-33(46)40-36(21-14-11-15-22-36)25-49(47,48)34(3,4)5/h8,26-27,29H,2,7,9-25H2,1,3-6H3,(H,37,44)(H,38,43)(H2,39,40,46)/t26?,27-,29+/m0/s1. The van der Waals surface area contributed by atoms with Gasteiger partial charge in [-0.15, -0.1) is 6.58 Å². The number of rotatable bonds is 15. The van der Waals surface area contributed by atoms with Crippen molar-refractivity contribution in [1.29, 1.82) is 0 Å². The van der Waals surface area contributed by atoms with Crippen LogP contribution in [0.4, 0.5) is 4.79 Å². The van der Waals surface area contributed by atoms with E-state index in [2.05, 4.69) is 27.8 Å². The molecule has 12 nitrogen and oxygen atoms in total. The van der Waals surface area contributed by atoms with Crippen molar-refractivity contribution in [2.75, 3.05) is 18.8 Å². The summed E-state index contributed by atoms with van der Waals surface area (Å²) in [4.78, 5) is 69.1. The number of amides is 5. The zero-order chi connectivity index (χ0) is 36.5. The number of unbranched alkanes of at least 4 members (excludes halogenated alkanes) is 1. The first-order valence-electron chi connectivity index (χ1n) is 18.3. The molecule has 278 valence electrons. The van der Waals surface area contributed by atoms with E-state index in [1.807, 2.05) is 13.8 Å². The van der Waals surface area contributed by atoms with Gasteiger partial charge in [-0.1, -0.05) is 71.3 Å². The number of nitrogens with one attached hydrogen (secondary N) is 4. The Morgan fingerprint density at radius 1 is 0.939 bits per heavy atom. The average Bonchev–Trinajstić information content (AvgIpc) is 3.54. The molecule has 1 aliphatic heterocycles. The van der Waals surface area contributed by atoms with Crippen molar-refractivity contribution in [2.24, 2.45) is 5.41 Å². The molecule has 5 amide bonds. The van der Waals surface area contributed by atoms with Gasteiger partial charge in [0.25, 0.3) is 5.91 Å². The first kappa shape index (κ1) is 40.5. The Labute approximate surface area is 293 Å². The molecular formula is C36H61N5O7S. The van der Waals surface area contributed by atoms with Gasteiger partial charge in [-0.05, 0) is 71.1 Å². The second kappa shape index (κ2) is 17.3. The minimum absolute atomic E-state index is 0.123. The third-order valence-corrected chi connectivity index (χ3v) is 13.6. The SMILES string of the molecule is C=CCNC(=O)C(=O)C(CCCC)NC(=O)[C@@H]1CCCN1C(=O)[C@@H](NC(=O)NC1(CS(=O)(=O)C(C)(C)C)CCCCC1)C1(C)CCCCC1. The summed E-state index contributed by atoms with van der Waals surface area (Å²) < 4.78 is 25.7. The molecule has 2 aliphatic carbocycles. The number of ketones is 1. The van der Waals surface area contributed by atoms with Crippen LogP contribution in [-0.2, 0) is 29.0 Å². The number of urea groups is 1. The lowest BCUT2D eigenvalue weighted by Crippen LogP contribution is -2.64. The maximum absolute atomic E-state index is 14.5. The highest BCUT2D eigenvalue weighted by molar-refractivity contribution is 7.92. The maximum Gasteiger partial charge on any atom is 0.315 e. The van der Waals surface area contributed by atoms with Gasteiger partial charge in [0.2, 0.25) is 17.6 Å². The first-order valence-corrected chi connectivity index (χ1v) is 20.0. The van der Waals surface area contributed by atoms with Crippen molar-refractivity contribution in [1.82, 2.24) is 26.2 Å². The van der Waals surface area contributed by atoms with E-state index >= 15 is 0 Å². The molecule has 0 bridgehead atoms. The van der Waals surface area contributed by atoms with Crippen LogP contribution in [0.3, 0.4) is 0 Å². The van der Waals surface area contributed by atoms with Crippen LogP contribution in [0.2, 0.25) is 0 Å². The largest absolute Gasteiger partial charge is 0.346 e. The van der Waals surface area contributed by atoms with E-state index < -0.39 is 67.3 Å². The fourth-order valence-electron chi connectivity index (χ4n) is 7.53. The van der Waals surface area contributed by atoms with Gasteiger partial charge in [0.15, 0.2) is 9.84 Å². The molecule has 1 heterocycles. The van der Waals surface area contributed by atoms with Gasteiger partial charge in [-0.2, -0.15) is 0 Å². The van der Waals surface area contributed by atoms with Crippen molar-refractivity contribution in [3.63, 3.8) is 0 Å². The zero-order valence-corrected chi connectivity index (χ0v) is 31.3. The van der Waals surface area contributed by atoms with Gasteiger partial charge in [0, 0.05) is 13.1 Å². The number of nitrogens with zero attached hydrogens (tertiary/aromatic N) is 1. The summed E-state index contributed by atoms with van der Waals surface area (Å²) in [6, 6.07) is -3.40. The molecular weight excluding hydrogens is 646 g/mol. The number of sulfone groups is 1. The van der Waals surface area contributed by atoms with Crippen molar-refractivity contribution in [3.8, 4) is 0 Å². The molecule has 1 unspecified atom stereocenters. The third kappa shape index (κ3) is 10.5. The van der Waals surface area contributed by atoms with Crippen LogP contribution in [0.15, 0.2) is 12.7 Å². The third-order valence-electron chi connectivity index (χ3n) is 10.8. The predicted octanol–water partition coefficient (Wildman–Crippen LogP) is 4.08. The van der Waals surface area contributed by atoms with Crippen LogP contribution in [0.25, 0.3) is 0 Å². The van der Waals surface area contributed by atoms with Crippen LogP contribution in [0.1, 0.15) is 131 Å². The summed E-state index contributed by atoms with van der Waals surface area (Å²) in [5, 5.41) is 11.3. The number of hydrogen-bond acceptors (Lipinski definition) is 7. The highest BCUT2D eigenvalue weighted by atomic mass is 32.2. The summed E-state index contributed by atoms with van der Waals surface area (Å²) in [5.41, 5.74) is -1.51. The lowest BCUT2D eigenvalue weighted by molar-refractivity contribution is -0.144. The Balaban J connectivity index is 1.85. The van der Waals surface area contributed by atoms with Crippen molar-refractivity contribution >= 4 is 39.4 Å². The highest BCUT2D eigenvalue weighted by Crippen LogP contribution is 2.40. The Morgan fingerprint density at radius 3 is 2.12 bits per heavy atom. The second-order valence-corrected chi connectivity index (χ2v) is 18.5. The van der Waals surface area contributed by atoms with Gasteiger partial charge >= 0.3 is 6.03 Å². The van der Waals surface area contributed by atoms with E-state index in [0.29, 0.717) is 57.9 Å². The molecule has 13 heteroatoms. The lowest BCUT2D eigenvalue weighted by Gasteiger charge is -2.44. The average molecular weight is 708 g/mol. The summed E-state index contributed by atoms with van der Waals surface area (Å²) in [6.45, 7) is 12.9. The van der Waals surface area contributed by atoms with E-state index in [-0.39, 0.29) is 18.2 Å². The van der Waals surface area contributed by atoms with Crippen LogP contribution >= 0.6 is 0 Å². The Kier molecular flexibility index (Phi) is 14.3. The summed E-state index contributed by atoms with van der Waals surface area (Å²) in [7, 11) is -3.56. The lowest BCUT2D eigenvalue weighted by atomic mass is 9.70. The molecule has 0 aromatic carbocycles. The summed E-state index contributed by atoms with van der Waals surface area (Å²) >= 11 is 0. The Bertz CT molecular complexity index is 1310. The van der Waals surface area contributed by atoms with E-state index in [0.717, 1.165) is 44.9 Å². The smallest absolute Gasteiger partial charge is 0.315 e. The number of carbonyl (C=O) groups excluding carboxylic acids is 5. The zero-order valence-electron chi connectivity index (χ0n) is 30.5. The predicted molar refractivity (Wildman–Crippen MR) is 190 cm³/mol. The quantitative estimate of drug-likeness (QED) is 0.147. The normalized spacial score (nSPS) is 21.9. The minimum atomic E-state index is -3.56. The molecule has 0 radical (unpaired) electrons. The van der Waals surface area contributed by atoms with E-state index in [1.54, 1.807) is 20.8 Å². The molecule has 3 aliphatic rings. The fraction of sp³-hybridized carbons (Fsp3) is 0.806. The molecule has 3 atom stereocenters. The molecule has 0 spiro atoms. The molecule has 0 aromatic rings. The fourth-order valence-corrected chi connectivity index (χ4v) is 9.05. The Morgan fingerprint density at radius 2 is 1.55 bits per heavy atom. The van der Waals surface area contributed by atoms with Crippen LogP contribution in [0, 0.1) is 5.41 Å². The molecule has 4 N–H and O–H groups in total. The van der Waals surface area contributed by atoms with Crippen LogP contribution in [0.5, 0.6) is 0 Å². The van der Waals surface area contributed by atoms with Gasteiger partial charge in [-0.25, -0.2) is 13.2 Å².